The van der Waals surface area contributed by atoms with Gasteiger partial charge in [-0.05, 0) is 96.3 Å². The van der Waals surface area contributed by atoms with E-state index in [1.807, 2.05) is 0 Å². The first-order valence-electron chi connectivity index (χ1n) is 15.4. The van der Waals surface area contributed by atoms with Crippen molar-refractivity contribution in [1.82, 2.24) is 0 Å². The zero-order valence-electron chi connectivity index (χ0n) is 22.9. The van der Waals surface area contributed by atoms with Crippen molar-refractivity contribution in [2.24, 2.45) is 11.8 Å². The van der Waals surface area contributed by atoms with Gasteiger partial charge in [0, 0.05) is 44.9 Å². The summed E-state index contributed by atoms with van der Waals surface area (Å²) < 4.78 is 23.7. The molecule has 36 heavy (non-hydrogen) atoms. The summed E-state index contributed by atoms with van der Waals surface area (Å²) in [6.07, 6.45) is 23.0. The molecule has 5 heteroatoms. The first-order valence-corrected chi connectivity index (χ1v) is 15.4. The van der Waals surface area contributed by atoms with E-state index in [-0.39, 0.29) is 6.29 Å². The minimum atomic E-state index is 0.0558. The van der Waals surface area contributed by atoms with Crippen LogP contribution >= 0.6 is 0 Å². The Balaban J connectivity index is 1.12. The number of aliphatic hydroxyl groups is 1. The highest BCUT2D eigenvalue weighted by Gasteiger charge is 2.22. The molecule has 0 bridgehead atoms. The zero-order chi connectivity index (χ0) is 25.1. The summed E-state index contributed by atoms with van der Waals surface area (Å²) in [6, 6.07) is 0. The van der Waals surface area contributed by atoms with Gasteiger partial charge in [0.2, 0.25) is 0 Å². The molecule has 1 heterocycles. The fourth-order valence-electron chi connectivity index (χ4n) is 5.67. The first-order chi connectivity index (χ1) is 17.8. The van der Waals surface area contributed by atoms with Crippen molar-refractivity contribution in [1.29, 1.82) is 0 Å². The van der Waals surface area contributed by atoms with Crippen molar-refractivity contribution in [3.63, 3.8) is 0 Å². The van der Waals surface area contributed by atoms with Crippen LogP contribution in [-0.2, 0) is 18.9 Å². The molecule has 0 aromatic rings. The van der Waals surface area contributed by atoms with E-state index in [2.05, 4.69) is 11.8 Å². The highest BCUT2D eigenvalue weighted by molar-refractivity contribution is 5.09. The second-order valence-corrected chi connectivity index (χ2v) is 11.2. The van der Waals surface area contributed by atoms with E-state index >= 15 is 0 Å². The first kappa shape index (κ1) is 29.9. The number of hydrogen-bond acceptors (Lipinski definition) is 5. The molecular formula is C31H54O5. The Morgan fingerprint density at radius 2 is 1.06 bits per heavy atom. The lowest BCUT2D eigenvalue weighted by Gasteiger charge is -2.27. The largest absolute Gasteiger partial charge is 0.396 e. The Morgan fingerprint density at radius 1 is 0.556 bits per heavy atom. The Bertz CT molecular complexity index is 578. The third kappa shape index (κ3) is 13.2. The van der Waals surface area contributed by atoms with Gasteiger partial charge in [0.15, 0.2) is 6.29 Å². The highest BCUT2D eigenvalue weighted by atomic mass is 16.7. The van der Waals surface area contributed by atoms with E-state index < -0.39 is 0 Å². The van der Waals surface area contributed by atoms with E-state index in [1.54, 1.807) is 0 Å². The average Bonchev–Trinajstić information content (AvgIpc) is 2.93. The van der Waals surface area contributed by atoms with E-state index in [0.29, 0.717) is 30.7 Å². The summed E-state index contributed by atoms with van der Waals surface area (Å²) in [5.74, 6) is 8.41. The third-order valence-electron chi connectivity index (χ3n) is 8.08. The van der Waals surface area contributed by atoms with Gasteiger partial charge >= 0.3 is 0 Å². The number of unbranched alkanes of at least 4 members (excludes halogenated alkanes) is 6. The van der Waals surface area contributed by atoms with Gasteiger partial charge in [-0.1, -0.05) is 37.5 Å². The van der Waals surface area contributed by atoms with Gasteiger partial charge in [0.25, 0.3) is 0 Å². The van der Waals surface area contributed by atoms with Crippen molar-refractivity contribution < 1.29 is 24.1 Å². The normalized spacial score (nSPS) is 29.0. The maximum absolute atomic E-state index is 8.83. The van der Waals surface area contributed by atoms with Crippen LogP contribution in [0, 0.1) is 23.7 Å². The molecule has 2 saturated carbocycles. The molecule has 3 fully saturated rings. The molecular weight excluding hydrogens is 452 g/mol. The molecule has 3 rings (SSSR count). The van der Waals surface area contributed by atoms with Crippen molar-refractivity contribution >= 4 is 0 Å². The summed E-state index contributed by atoms with van der Waals surface area (Å²) in [5, 5.41) is 8.83. The summed E-state index contributed by atoms with van der Waals surface area (Å²) in [4.78, 5) is 0. The second kappa shape index (κ2) is 19.4. The number of hydrogen-bond donors (Lipinski definition) is 1. The third-order valence-corrected chi connectivity index (χ3v) is 8.08. The van der Waals surface area contributed by atoms with Gasteiger partial charge in [-0.15, -0.1) is 0 Å². The van der Waals surface area contributed by atoms with Crippen LogP contribution in [0.4, 0.5) is 0 Å². The molecule has 0 aromatic carbocycles. The molecule has 2 aliphatic carbocycles. The zero-order valence-corrected chi connectivity index (χ0v) is 22.9. The van der Waals surface area contributed by atoms with E-state index in [0.717, 1.165) is 65.0 Å². The van der Waals surface area contributed by atoms with Crippen LogP contribution in [0.15, 0.2) is 0 Å². The summed E-state index contributed by atoms with van der Waals surface area (Å²) in [7, 11) is 0. The van der Waals surface area contributed by atoms with Crippen molar-refractivity contribution in [2.45, 2.75) is 140 Å². The van der Waals surface area contributed by atoms with Gasteiger partial charge in [-0.3, -0.25) is 0 Å². The number of ether oxygens (including phenoxy) is 4. The second-order valence-electron chi connectivity index (χ2n) is 11.2. The van der Waals surface area contributed by atoms with Crippen LogP contribution in [0.5, 0.6) is 0 Å². The van der Waals surface area contributed by atoms with Gasteiger partial charge in [-0.25, -0.2) is 0 Å². The van der Waals surface area contributed by atoms with E-state index in [4.69, 9.17) is 24.1 Å². The van der Waals surface area contributed by atoms with Crippen LogP contribution in [0.2, 0.25) is 0 Å². The Kier molecular flexibility index (Phi) is 16.1. The Morgan fingerprint density at radius 3 is 1.53 bits per heavy atom. The molecule has 1 unspecified atom stereocenters. The quantitative estimate of drug-likeness (QED) is 0.184. The predicted octanol–water partition coefficient (Wildman–Crippen LogP) is 6.80. The lowest BCUT2D eigenvalue weighted by Crippen LogP contribution is -2.23. The Labute approximate surface area is 221 Å². The number of rotatable bonds is 16. The maximum Gasteiger partial charge on any atom is 0.157 e. The van der Waals surface area contributed by atoms with Gasteiger partial charge < -0.3 is 24.1 Å². The highest BCUT2D eigenvalue weighted by Crippen LogP contribution is 2.29. The van der Waals surface area contributed by atoms with Gasteiger partial charge in [-0.2, -0.15) is 0 Å². The fourth-order valence-corrected chi connectivity index (χ4v) is 5.67. The number of aliphatic hydroxyl groups excluding tert-OH is 1. The lowest BCUT2D eigenvalue weighted by molar-refractivity contribution is -0.162. The maximum atomic E-state index is 8.83. The minimum absolute atomic E-state index is 0.0558. The lowest BCUT2D eigenvalue weighted by atomic mass is 9.85. The van der Waals surface area contributed by atoms with Crippen molar-refractivity contribution in [3.8, 4) is 11.8 Å². The smallest absolute Gasteiger partial charge is 0.157 e. The summed E-state index contributed by atoms with van der Waals surface area (Å²) in [6.45, 7) is 3.79. The predicted molar refractivity (Wildman–Crippen MR) is 145 cm³/mol. The molecule has 5 nitrogen and oxygen atoms in total. The topological polar surface area (TPSA) is 57.2 Å². The Hall–Kier alpha value is -0.640. The van der Waals surface area contributed by atoms with Gasteiger partial charge in [0.05, 0.1) is 12.2 Å². The molecule has 208 valence electrons. The molecule has 1 atom stereocenters. The standard InChI is InChI=1S/C31H54O5/c32-22-6-1-2-7-23-33-29-18-14-27(15-19-29)12-13-28-16-20-30(21-17-28)34-24-8-3-4-9-25-35-31-11-5-10-26-36-31/h27-32H,1-11,14-26H2. The molecule has 1 N–H and O–H groups in total. The molecule has 1 aliphatic heterocycles. The minimum Gasteiger partial charge on any atom is -0.396 e. The monoisotopic (exact) mass is 506 g/mol. The molecule has 0 aromatic heterocycles. The van der Waals surface area contributed by atoms with Crippen LogP contribution in [0.1, 0.15) is 122 Å². The van der Waals surface area contributed by atoms with Crippen LogP contribution in [0.3, 0.4) is 0 Å². The van der Waals surface area contributed by atoms with Crippen molar-refractivity contribution in [3.05, 3.63) is 0 Å². The summed E-state index contributed by atoms with van der Waals surface area (Å²) >= 11 is 0. The van der Waals surface area contributed by atoms with Crippen LogP contribution in [0.25, 0.3) is 0 Å². The van der Waals surface area contributed by atoms with Gasteiger partial charge in [0.1, 0.15) is 0 Å². The van der Waals surface area contributed by atoms with E-state index in [9.17, 15) is 0 Å². The average molecular weight is 507 g/mol. The molecule has 3 aliphatic rings. The molecule has 0 amide bonds. The van der Waals surface area contributed by atoms with Crippen molar-refractivity contribution in [2.75, 3.05) is 33.0 Å². The SMILES string of the molecule is OCCCCCCOC1CCC(C#CC2CCC(OCCCCCCOC3CCCCO3)CC2)CC1. The fraction of sp³-hybridized carbons (Fsp3) is 0.935. The van der Waals surface area contributed by atoms with Crippen LogP contribution < -0.4 is 0 Å². The molecule has 1 saturated heterocycles. The molecule has 0 radical (unpaired) electrons. The summed E-state index contributed by atoms with van der Waals surface area (Å²) in [5.41, 5.74) is 0. The van der Waals surface area contributed by atoms with Crippen LogP contribution in [-0.4, -0.2) is 56.6 Å². The molecule has 0 spiro atoms. The van der Waals surface area contributed by atoms with E-state index in [1.165, 1.54) is 83.5 Å².